The van der Waals surface area contributed by atoms with Crippen molar-refractivity contribution in [2.45, 2.75) is 24.9 Å². The number of alkyl halides is 3. The third-order valence-corrected chi connectivity index (χ3v) is 4.56. The van der Waals surface area contributed by atoms with Crippen molar-refractivity contribution in [2.24, 2.45) is 4.99 Å². The first-order valence-electron chi connectivity index (χ1n) is 8.48. The second kappa shape index (κ2) is 10.1. The SMILES string of the molecule is CC.CN(/C=C(\N=Cc1ccccc1)C(F)(F)F)c1ccc(S(C)(=O)=O)cc1. The van der Waals surface area contributed by atoms with Gasteiger partial charge in [-0.15, -0.1) is 0 Å². The van der Waals surface area contributed by atoms with E-state index in [1.165, 1.54) is 36.2 Å². The van der Waals surface area contributed by atoms with E-state index in [2.05, 4.69) is 4.99 Å². The van der Waals surface area contributed by atoms with Crippen LogP contribution < -0.4 is 4.90 Å². The van der Waals surface area contributed by atoms with E-state index in [0.29, 0.717) is 11.3 Å². The first kappa shape index (κ1) is 23.4. The normalized spacial score (nSPS) is 12.5. The Kier molecular flexibility index (Phi) is 8.43. The minimum absolute atomic E-state index is 0.0942. The molecule has 0 spiro atoms. The summed E-state index contributed by atoms with van der Waals surface area (Å²) in [7, 11) is -1.94. The van der Waals surface area contributed by atoms with Crippen LogP contribution in [-0.2, 0) is 9.84 Å². The lowest BCUT2D eigenvalue weighted by Gasteiger charge is -2.17. The molecule has 0 aliphatic carbocycles. The third kappa shape index (κ3) is 7.19. The van der Waals surface area contributed by atoms with E-state index in [4.69, 9.17) is 0 Å². The fourth-order valence-corrected chi connectivity index (χ4v) is 2.68. The van der Waals surface area contributed by atoms with Crippen molar-refractivity contribution in [3.8, 4) is 0 Å². The second-order valence-electron chi connectivity index (χ2n) is 5.56. The van der Waals surface area contributed by atoms with Crippen molar-refractivity contribution < 1.29 is 21.6 Å². The van der Waals surface area contributed by atoms with Gasteiger partial charge in [0.15, 0.2) is 15.5 Å². The van der Waals surface area contributed by atoms with Gasteiger partial charge in [-0.25, -0.2) is 13.4 Å². The van der Waals surface area contributed by atoms with Crippen LogP contribution in [0.2, 0.25) is 0 Å². The summed E-state index contributed by atoms with van der Waals surface area (Å²) in [5.41, 5.74) is -0.132. The van der Waals surface area contributed by atoms with Gasteiger partial charge in [0.05, 0.1) is 4.90 Å². The fourth-order valence-electron chi connectivity index (χ4n) is 2.05. The van der Waals surface area contributed by atoms with E-state index in [1.54, 1.807) is 30.3 Å². The quantitative estimate of drug-likeness (QED) is 0.644. The number of nitrogens with zero attached hydrogens (tertiary/aromatic N) is 2. The van der Waals surface area contributed by atoms with E-state index in [0.717, 1.165) is 18.7 Å². The molecule has 0 unspecified atom stereocenters. The maximum atomic E-state index is 13.2. The Morgan fingerprint density at radius 1 is 1.00 bits per heavy atom. The molecule has 8 heteroatoms. The Labute approximate surface area is 164 Å². The summed E-state index contributed by atoms with van der Waals surface area (Å²) in [6.07, 6.45) is -1.58. The molecule has 2 rings (SSSR count). The van der Waals surface area contributed by atoms with Crippen LogP contribution in [0.25, 0.3) is 0 Å². The zero-order valence-corrected chi connectivity index (χ0v) is 16.9. The Morgan fingerprint density at radius 2 is 1.54 bits per heavy atom. The van der Waals surface area contributed by atoms with Gasteiger partial charge in [-0.3, -0.25) is 0 Å². The van der Waals surface area contributed by atoms with Crippen LogP contribution in [0.1, 0.15) is 19.4 Å². The molecule has 152 valence electrons. The summed E-state index contributed by atoms with van der Waals surface area (Å²) >= 11 is 0. The van der Waals surface area contributed by atoms with Gasteiger partial charge in [0.2, 0.25) is 0 Å². The first-order chi connectivity index (χ1) is 13.1. The average molecular weight is 412 g/mol. The van der Waals surface area contributed by atoms with E-state index < -0.39 is 21.7 Å². The molecule has 2 aromatic rings. The Balaban J connectivity index is 0.00000190. The molecular weight excluding hydrogens is 389 g/mol. The topological polar surface area (TPSA) is 49.7 Å². The molecule has 0 N–H and O–H groups in total. The van der Waals surface area contributed by atoms with E-state index in [1.807, 2.05) is 13.8 Å². The number of sulfone groups is 1. The first-order valence-corrected chi connectivity index (χ1v) is 10.4. The summed E-state index contributed by atoms with van der Waals surface area (Å²) in [6.45, 7) is 4.00. The highest BCUT2D eigenvalue weighted by Gasteiger charge is 2.34. The van der Waals surface area contributed by atoms with Crippen molar-refractivity contribution >= 4 is 21.7 Å². The zero-order valence-electron chi connectivity index (χ0n) is 16.1. The predicted octanol–water partition coefficient (Wildman–Crippen LogP) is 5.08. The molecule has 0 aliphatic rings. The van der Waals surface area contributed by atoms with Crippen molar-refractivity contribution in [2.75, 3.05) is 18.2 Å². The van der Waals surface area contributed by atoms with Crippen LogP contribution in [0.4, 0.5) is 18.9 Å². The van der Waals surface area contributed by atoms with Gasteiger partial charge in [-0.2, -0.15) is 13.2 Å². The molecule has 0 amide bonds. The summed E-state index contributed by atoms with van der Waals surface area (Å²) in [5, 5.41) is 0. The zero-order chi connectivity index (χ0) is 21.4. The molecule has 0 heterocycles. The van der Waals surface area contributed by atoms with Crippen molar-refractivity contribution in [3.05, 3.63) is 72.1 Å². The minimum atomic E-state index is -4.63. The maximum Gasteiger partial charge on any atom is 0.434 e. The number of hydrogen-bond acceptors (Lipinski definition) is 4. The summed E-state index contributed by atoms with van der Waals surface area (Å²) in [5.74, 6) is 0. The van der Waals surface area contributed by atoms with Gasteiger partial charge >= 0.3 is 6.18 Å². The number of halogens is 3. The molecule has 28 heavy (non-hydrogen) atoms. The molecule has 0 saturated carbocycles. The molecule has 0 aliphatic heterocycles. The number of anilines is 1. The third-order valence-electron chi connectivity index (χ3n) is 3.43. The van der Waals surface area contributed by atoms with E-state index >= 15 is 0 Å². The summed E-state index contributed by atoms with van der Waals surface area (Å²) in [6, 6.07) is 14.0. The van der Waals surface area contributed by atoms with Gasteiger partial charge in [0.25, 0.3) is 0 Å². The lowest BCUT2D eigenvalue weighted by Crippen LogP contribution is -2.17. The molecule has 0 saturated heterocycles. The van der Waals surface area contributed by atoms with Gasteiger partial charge in [-0.05, 0) is 29.8 Å². The van der Waals surface area contributed by atoms with Crippen LogP contribution in [0.3, 0.4) is 0 Å². The lowest BCUT2D eigenvalue weighted by atomic mass is 10.2. The molecule has 0 bridgehead atoms. The molecule has 2 aromatic carbocycles. The maximum absolute atomic E-state index is 13.2. The monoisotopic (exact) mass is 412 g/mol. The minimum Gasteiger partial charge on any atom is -0.349 e. The van der Waals surface area contributed by atoms with Crippen LogP contribution in [0, 0.1) is 0 Å². The van der Waals surface area contributed by atoms with Gasteiger partial charge < -0.3 is 4.90 Å². The van der Waals surface area contributed by atoms with Crippen molar-refractivity contribution in [1.29, 1.82) is 0 Å². The van der Waals surface area contributed by atoms with Crippen LogP contribution >= 0.6 is 0 Å². The number of hydrogen-bond donors (Lipinski definition) is 0. The molecule has 0 atom stereocenters. The van der Waals surface area contributed by atoms with Crippen LogP contribution in [0.5, 0.6) is 0 Å². The van der Waals surface area contributed by atoms with E-state index in [9.17, 15) is 21.6 Å². The number of aliphatic imine (C=N–C) groups is 1. The molecule has 4 nitrogen and oxygen atoms in total. The fraction of sp³-hybridized carbons (Fsp3) is 0.250. The standard InChI is InChI=1S/C18H17F3N2O2S.C2H6/c1-23(15-8-10-16(11-9-15)26(2,24)25)13-17(18(19,20)21)22-12-14-6-4-3-5-7-14;1-2/h3-13H,1-2H3;1-2H3/b17-13-,22-12?;. The summed E-state index contributed by atoms with van der Waals surface area (Å²) < 4.78 is 62.6. The van der Waals surface area contributed by atoms with Crippen molar-refractivity contribution in [3.63, 3.8) is 0 Å². The van der Waals surface area contributed by atoms with Gasteiger partial charge in [-0.1, -0.05) is 44.2 Å². The number of allylic oxidation sites excluding steroid dienone is 1. The number of benzene rings is 2. The van der Waals surface area contributed by atoms with Crippen LogP contribution in [0.15, 0.2) is 76.4 Å². The summed E-state index contributed by atoms with van der Waals surface area (Å²) in [4.78, 5) is 4.89. The van der Waals surface area contributed by atoms with Crippen LogP contribution in [-0.4, -0.2) is 34.1 Å². The average Bonchev–Trinajstić information content (AvgIpc) is 2.66. The lowest BCUT2D eigenvalue weighted by molar-refractivity contribution is -0.0924. The highest BCUT2D eigenvalue weighted by atomic mass is 32.2. The van der Waals surface area contributed by atoms with Gasteiger partial charge in [0, 0.05) is 31.4 Å². The molecular formula is C20H23F3N2O2S. The Bertz CT molecular complexity index is 905. The molecule has 0 radical (unpaired) electrons. The Hall–Kier alpha value is -2.61. The Morgan fingerprint density at radius 3 is 2.00 bits per heavy atom. The molecule has 0 fully saturated rings. The van der Waals surface area contributed by atoms with E-state index in [-0.39, 0.29) is 4.90 Å². The van der Waals surface area contributed by atoms with Crippen molar-refractivity contribution in [1.82, 2.24) is 0 Å². The number of rotatable bonds is 5. The highest BCUT2D eigenvalue weighted by Crippen LogP contribution is 2.28. The second-order valence-corrected chi connectivity index (χ2v) is 7.57. The molecule has 0 aromatic heterocycles. The largest absolute Gasteiger partial charge is 0.434 e. The highest BCUT2D eigenvalue weighted by molar-refractivity contribution is 7.90. The predicted molar refractivity (Wildman–Crippen MR) is 107 cm³/mol. The van der Waals surface area contributed by atoms with Gasteiger partial charge in [0.1, 0.15) is 0 Å². The smallest absolute Gasteiger partial charge is 0.349 e.